The van der Waals surface area contributed by atoms with Crippen molar-refractivity contribution < 1.29 is 4.79 Å². The van der Waals surface area contributed by atoms with E-state index in [4.69, 9.17) is 0 Å². The van der Waals surface area contributed by atoms with Gasteiger partial charge in [0.05, 0.1) is 17.6 Å². The van der Waals surface area contributed by atoms with Crippen molar-refractivity contribution in [2.24, 2.45) is 5.41 Å². The third kappa shape index (κ3) is 2.33. The molecule has 4 nitrogen and oxygen atoms in total. The molecule has 3 rings (SSSR count). The lowest BCUT2D eigenvalue weighted by molar-refractivity contribution is -0.118. The molecular formula is C18H19N3O. The van der Waals surface area contributed by atoms with Crippen LogP contribution in [0.25, 0.3) is 0 Å². The standard InChI is InChI=1S/C18H19N3O/c1-11-13(9-19)16(12-5-4-6-20-10-12)17-14(21-11)7-18(2,3)8-15(17)22/h4-6,10,16,21H,7-8H2,1-3H3. The molecule has 0 saturated heterocycles. The number of carbonyl (C=O) groups is 1. The Morgan fingerprint density at radius 2 is 2.18 bits per heavy atom. The maximum atomic E-state index is 12.7. The summed E-state index contributed by atoms with van der Waals surface area (Å²) in [7, 11) is 0. The Labute approximate surface area is 130 Å². The Bertz CT molecular complexity index is 735. The largest absolute Gasteiger partial charge is 0.361 e. The SMILES string of the molecule is CC1=C(C#N)C(c2cccnc2)C2=C(CC(C)(C)CC2=O)N1. The van der Waals surface area contributed by atoms with Gasteiger partial charge in [-0.1, -0.05) is 19.9 Å². The van der Waals surface area contributed by atoms with Crippen LogP contribution in [0.15, 0.2) is 47.1 Å². The average Bonchev–Trinajstić information content (AvgIpc) is 2.45. The molecule has 22 heavy (non-hydrogen) atoms. The van der Waals surface area contributed by atoms with Gasteiger partial charge in [-0.2, -0.15) is 5.26 Å². The topological polar surface area (TPSA) is 65.8 Å². The second-order valence-corrected chi connectivity index (χ2v) is 6.83. The summed E-state index contributed by atoms with van der Waals surface area (Å²) in [5.74, 6) is -0.161. The van der Waals surface area contributed by atoms with Crippen LogP contribution in [0.1, 0.15) is 45.1 Å². The third-order valence-electron chi connectivity index (χ3n) is 4.38. The van der Waals surface area contributed by atoms with Crippen LogP contribution < -0.4 is 5.32 Å². The summed E-state index contributed by atoms with van der Waals surface area (Å²) in [6.45, 7) is 6.11. The second-order valence-electron chi connectivity index (χ2n) is 6.83. The van der Waals surface area contributed by atoms with Crippen LogP contribution >= 0.6 is 0 Å². The van der Waals surface area contributed by atoms with Crippen molar-refractivity contribution in [2.45, 2.75) is 39.5 Å². The Morgan fingerprint density at radius 3 is 2.82 bits per heavy atom. The molecule has 0 fully saturated rings. The molecule has 2 heterocycles. The van der Waals surface area contributed by atoms with Crippen molar-refractivity contribution in [1.82, 2.24) is 10.3 Å². The number of hydrogen-bond donors (Lipinski definition) is 1. The third-order valence-corrected chi connectivity index (χ3v) is 4.38. The van der Waals surface area contributed by atoms with Crippen LogP contribution in [-0.2, 0) is 4.79 Å². The first-order valence-corrected chi connectivity index (χ1v) is 7.47. The van der Waals surface area contributed by atoms with E-state index < -0.39 is 0 Å². The van der Waals surface area contributed by atoms with Gasteiger partial charge in [0.1, 0.15) is 0 Å². The number of aromatic nitrogens is 1. The van der Waals surface area contributed by atoms with E-state index in [-0.39, 0.29) is 17.1 Å². The van der Waals surface area contributed by atoms with Crippen molar-refractivity contribution in [2.75, 3.05) is 0 Å². The molecule has 1 N–H and O–H groups in total. The van der Waals surface area contributed by atoms with Crippen molar-refractivity contribution in [3.8, 4) is 6.07 Å². The van der Waals surface area contributed by atoms with Crippen molar-refractivity contribution in [3.63, 3.8) is 0 Å². The number of dihydropyridines is 1. The molecule has 4 heteroatoms. The number of hydrogen-bond acceptors (Lipinski definition) is 4. The van der Waals surface area contributed by atoms with Crippen molar-refractivity contribution in [1.29, 1.82) is 5.26 Å². The predicted octanol–water partition coefficient (Wildman–Crippen LogP) is 3.21. The lowest BCUT2D eigenvalue weighted by Crippen LogP contribution is -2.36. The Morgan fingerprint density at radius 1 is 1.41 bits per heavy atom. The van der Waals surface area contributed by atoms with E-state index in [2.05, 4.69) is 30.2 Å². The van der Waals surface area contributed by atoms with E-state index >= 15 is 0 Å². The minimum absolute atomic E-state index is 0.0488. The highest BCUT2D eigenvalue weighted by atomic mass is 16.1. The van der Waals surface area contributed by atoms with Gasteiger partial charge in [-0.05, 0) is 30.4 Å². The normalized spacial score (nSPS) is 23.7. The number of ketones is 1. The molecule has 1 aliphatic heterocycles. The van der Waals surface area contributed by atoms with Gasteiger partial charge < -0.3 is 5.32 Å². The zero-order chi connectivity index (χ0) is 15.9. The Hall–Kier alpha value is -2.41. The molecule has 0 amide bonds. The first-order chi connectivity index (χ1) is 10.4. The van der Waals surface area contributed by atoms with Gasteiger partial charge in [0.25, 0.3) is 0 Å². The molecule has 1 aromatic rings. The van der Waals surface area contributed by atoms with E-state index in [0.717, 1.165) is 29.0 Å². The van der Waals surface area contributed by atoms with Crippen molar-refractivity contribution >= 4 is 5.78 Å². The fourth-order valence-corrected chi connectivity index (χ4v) is 3.46. The van der Waals surface area contributed by atoms with Gasteiger partial charge in [0, 0.05) is 35.8 Å². The van der Waals surface area contributed by atoms with E-state index in [1.807, 2.05) is 19.1 Å². The highest BCUT2D eigenvalue weighted by Crippen LogP contribution is 2.45. The van der Waals surface area contributed by atoms with Gasteiger partial charge in [-0.25, -0.2) is 0 Å². The number of carbonyl (C=O) groups excluding carboxylic acids is 1. The molecule has 112 valence electrons. The van der Waals surface area contributed by atoms with Gasteiger partial charge in [0.15, 0.2) is 5.78 Å². The zero-order valence-corrected chi connectivity index (χ0v) is 13.1. The fraction of sp³-hybridized carbons (Fsp3) is 0.389. The number of Topliss-reactive ketones (excluding diaryl/α,β-unsaturated/α-hetero) is 1. The fourth-order valence-electron chi connectivity index (χ4n) is 3.46. The molecule has 0 spiro atoms. The molecule has 1 aliphatic carbocycles. The monoisotopic (exact) mass is 293 g/mol. The van der Waals surface area contributed by atoms with E-state index in [9.17, 15) is 10.1 Å². The quantitative estimate of drug-likeness (QED) is 0.863. The first kappa shape index (κ1) is 14.5. The number of pyridine rings is 1. The molecular weight excluding hydrogens is 274 g/mol. The highest BCUT2D eigenvalue weighted by Gasteiger charge is 2.41. The van der Waals surface area contributed by atoms with Crippen LogP contribution in [0.5, 0.6) is 0 Å². The molecule has 1 unspecified atom stereocenters. The number of nitrogens with zero attached hydrogens (tertiary/aromatic N) is 2. The highest BCUT2D eigenvalue weighted by molar-refractivity contribution is 6.00. The Balaban J connectivity index is 2.18. The summed E-state index contributed by atoms with van der Waals surface area (Å²) in [5.41, 5.74) is 4.01. The minimum Gasteiger partial charge on any atom is -0.361 e. The zero-order valence-electron chi connectivity index (χ0n) is 13.1. The van der Waals surface area contributed by atoms with Crippen molar-refractivity contribution in [3.05, 3.63) is 52.6 Å². The summed E-state index contributed by atoms with van der Waals surface area (Å²) in [6, 6.07) is 6.06. The molecule has 0 saturated carbocycles. The summed E-state index contributed by atoms with van der Waals surface area (Å²) >= 11 is 0. The van der Waals surface area contributed by atoms with Gasteiger partial charge in [-0.3, -0.25) is 9.78 Å². The molecule has 0 radical (unpaired) electrons. The van der Waals surface area contributed by atoms with Gasteiger partial charge in [-0.15, -0.1) is 0 Å². The number of rotatable bonds is 1. The van der Waals surface area contributed by atoms with Crippen LogP contribution in [0.2, 0.25) is 0 Å². The molecule has 1 atom stereocenters. The maximum absolute atomic E-state index is 12.7. The molecule has 2 aliphatic rings. The minimum atomic E-state index is -0.293. The molecule has 0 aromatic carbocycles. The van der Waals surface area contributed by atoms with E-state index in [1.165, 1.54) is 0 Å². The maximum Gasteiger partial charge on any atom is 0.162 e. The van der Waals surface area contributed by atoms with Crippen LogP contribution in [-0.4, -0.2) is 10.8 Å². The van der Waals surface area contributed by atoms with Gasteiger partial charge >= 0.3 is 0 Å². The summed E-state index contributed by atoms with van der Waals surface area (Å²) in [4.78, 5) is 16.9. The summed E-state index contributed by atoms with van der Waals surface area (Å²) in [5, 5.41) is 12.9. The molecule has 1 aromatic heterocycles. The Kier molecular flexibility index (Phi) is 3.37. The summed E-state index contributed by atoms with van der Waals surface area (Å²) in [6.07, 6.45) is 4.79. The number of nitrogens with one attached hydrogen (secondary N) is 1. The lowest BCUT2D eigenvalue weighted by atomic mass is 9.69. The lowest BCUT2D eigenvalue weighted by Gasteiger charge is -2.38. The van der Waals surface area contributed by atoms with Crippen LogP contribution in [0.3, 0.4) is 0 Å². The van der Waals surface area contributed by atoms with Crippen LogP contribution in [0.4, 0.5) is 0 Å². The predicted molar refractivity (Wildman–Crippen MR) is 83.5 cm³/mol. The second kappa shape index (κ2) is 5.10. The smallest absolute Gasteiger partial charge is 0.162 e. The number of allylic oxidation sites excluding steroid dienone is 4. The van der Waals surface area contributed by atoms with Crippen LogP contribution in [0, 0.1) is 16.7 Å². The molecule has 0 bridgehead atoms. The summed E-state index contributed by atoms with van der Waals surface area (Å²) < 4.78 is 0. The first-order valence-electron chi connectivity index (χ1n) is 7.47. The van der Waals surface area contributed by atoms with Gasteiger partial charge in [0.2, 0.25) is 0 Å². The van der Waals surface area contributed by atoms with E-state index in [1.54, 1.807) is 12.4 Å². The number of nitriles is 1. The average molecular weight is 293 g/mol. The van der Waals surface area contributed by atoms with E-state index in [0.29, 0.717) is 12.0 Å².